The second-order valence-electron chi connectivity index (χ2n) is 4.93. The number of aromatic nitrogens is 1. The summed E-state index contributed by atoms with van der Waals surface area (Å²) in [5.74, 6) is -0.889. The number of thiazole rings is 1. The lowest BCUT2D eigenvalue weighted by atomic mass is 9.75. The second kappa shape index (κ2) is 5.73. The summed E-state index contributed by atoms with van der Waals surface area (Å²) in [5.41, 5.74) is 6.50. The molecule has 2 rings (SSSR count). The summed E-state index contributed by atoms with van der Waals surface area (Å²) < 4.78 is 0. The van der Waals surface area contributed by atoms with E-state index in [0.717, 1.165) is 21.0 Å². The summed E-state index contributed by atoms with van der Waals surface area (Å²) in [6, 6.07) is 7.53. The van der Waals surface area contributed by atoms with Crippen molar-refractivity contribution in [3.05, 3.63) is 51.5 Å². The van der Waals surface area contributed by atoms with Gasteiger partial charge in [0.25, 0.3) is 0 Å². The molecule has 1 aromatic carbocycles. The maximum atomic E-state index is 11.9. The molecule has 3 N–H and O–H groups in total. The van der Waals surface area contributed by atoms with Crippen LogP contribution in [0.3, 0.4) is 0 Å². The zero-order valence-electron chi connectivity index (χ0n) is 11.6. The van der Waals surface area contributed by atoms with Gasteiger partial charge >= 0.3 is 5.97 Å². The van der Waals surface area contributed by atoms with Gasteiger partial charge in [-0.1, -0.05) is 24.3 Å². The zero-order chi connectivity index (χ0) is 14.8. The molecule has 0 spiro atoms. The zero-order valence-corrected chi connectivity index (χ0v) is 12.4. The highest BCUT2D eigenvalue weighted by Gasteiger charge is 2.40. The summed E-state index contributed by atoms with van der Waals surface area (Å²) in [5, 5.41) is 10.7. The quantitative estimate of drug-likeness (QED) is 0.885. The molecular formula is C15H18N2O2S. The molecule has 0 saturated heterocycles. The Balaban J connectivity index is 2.51. The largest absolute Gasteiger partial charge is 0.481 e. The molecule has 0 fully saturated rings. The van der Waals surface area contributed by atoms with Crippen LogP contribution < -0.4 is 5.73 Å². The Morgan fingerprint density at radius 3 is 2.60 bits per heavy atom. The van der Waals surface area contributed by atoms with E-state index in [2.05, 4.69) is 4.98 Å². The maximum absolute atomic E-state index is 11.9. The number of aryl methyl sites for hydroxylation is 2. The first-order chi connectivity index (χ1) is 9.49. The van der Waals surface area contributed by atoms with Gasteiger partial charge in [-0.05, 0) is 25.0 Å². The van der Waals surface area contributed by atoms with E-state index < -0.39 is 11.4 Å². The summed E-state index contributed by atoms with van der Waals surface area (Å²) in [6.45, 7) is 3.89. The van der Waals surface area contributed by atoms with Gasteiger partial charge in [0, 0.05) is 24.0 Å². The van der Waals surface area contributed by atoms with Crippen LogP contribution in [0.5, 0.6) is 0 Å². The first kappa shape index (κ1) is 14.7. The van der Waals surface area contributed by atoms with E-state index in [-0.39, 0.29) is 6.54 Å². The minimum absolute atomic E-state index is 0.0597. The first-order valence-electron chi connectivity index (χ1n) is 6.40. The monoisotopic (exact) mass is 290 g/mol. The summed E-state index contributed by atoms with van der Waals surface area (Å²) in [4.78, 5) is 17.1. The van der Waals surface area contributed by atoms with Crippen molar-refractivity contribution >= 4 is 17.3 Å². The summed E-state index contributed by atoms with van der Waals surface area (Å²) in [7, 11) is 0. The highest BCUT2D eigenvalue weighted by Crippen LogP contribution is 2.32. The number of hydrogen-bond donors (Lipinski definition) is 2. The number of hydrogen-bond acceptors (Lipinski definition) is 4. The highest BCUT2D eigenvalue weighted by atomic mass is 32.1. The predicted octanol–water partition coefficient (Wildman–Crippen LogP) is 2.28. The van der Waals surface area contributed by atoms with E-state index in [1.165, 1.54) is 11.3 Å². The van der Waals surface area contributed by atoms with Crippen molar-refractivity contribution in [3.8, 4) is 0 Å². The minimum atomic E-state index is -1.09. The fourth-order valence-electron chi connectivity index (χ4n) is 2.45. The molecule has 0 amide bonds. The van der Waals surface area contributed by atoms with Gasteiger partial charge in [0.2, 0.25) is 0 Å². The molecule has 0 aliphatic carbocycles. The smallest absolute Gasteiger partial charge is 0.315 e. The van der Waals surface area contributed by atoms with E-state index in [9.17, 15) is 9.90 Å². The van der Waals surface area contributed by atoms with E-state index in [0.29, 0.717) is 6.42 Å². The van der Waals surface area contributed by atoms with Crippen molar-refractivity contribution in [1.29, 1.82) is 0 Å². The Kier molecular flexibility index (Phi) is 4.20. The van der Waals surface area contributed by atoms with Crippen LogP contribution in [0.15, 0.2) is 30.5 Å². The number of carboxylic acid groups (broad SMARTS) is 1. The molecule has 0 saturated carbocycles. The van der Waals surface area contributed by atoms with Gasteiger partial charge in [-0.3, -0.25) is 4.79 Å². The van der Waals surface area contributed by atoms with Gasteiger partial charge in [0.05, 0.1) is 5.01 Å². The van der Waals surface area contributed by atoms with Crippen LogP contribution in [0.25, 0.3) is 0 Å². The van der Waals surface area contributed by atoms with Gasteiger partial charge in [-0.15, -0.1) is 11.3 Å². The first-order valence-corrected chi connectivity index (χ1v) is 7.22. The fraction of sp³-hybridized carbons (Fsp3) is 0.333. The Morgan fingerprint density at radius 1 is 1.40 bits per heavy atom. The van der Waals surface area contributed by atoms with E-state index in [4.69, 9.17) is 5.73 Å². The normalized spacial score (nSPS) is 13.9. The number of rotatable bonds is 5. The lowest BCUT2D eigenvalue weighted by Crippen LogP contribution is -2.45. The Labute approximate surface area is 122 Å². The van der Waals surface area contributed by atoms with Crippen molar-refractivity contribution in [3.63, 3.8) is 0 Å². The minimum Gasteiger partial charge on any atom is -0.481 e. The van der Waals surface area contributed by atoms with Crippen LogP contribution in [0.4, 0.5) is 0 Å². The van der Waals surface area contributed by atoms with Crippen molar-refractivity contribution in [1.82, 2.24) is 4.98 Å². The van der Waals surface area contributed by atoms with Crippen molar-refractivity contribution in [2.75, 3.05) is 6.54 Å². The number of carbonyl (C=O) groups is 1. The molecule has 4 nitrogen and oxygen atoms in total. The van der Waals surface area contributed by atoms with Gasteiger partial charge in [-0.2, -0.15) is 0 Å². The Morgan fingerprint density at radius 2 is 2.10 bits per heavy atom. The SMILES string of the molecule is Cc1ncc(CC(CN)(C(=O)O)c2ccccc2C)s1. The summed E-state index contributed by atoms with van der Waals surface area (Å²) >= 11 is 1.52. The number of benzene rings is 1. The van der Waals surface area contributed by atoms with Crippen LogP contribution in [-0.4, -0.2) is 22.6 Å². The van der Waals surface area contributed by atoms with Gasteiger partial charge in [0.15, 0.2) is 0 Å². The Hall–Kier alpha value is -1.72. The van der Waals surface area contributed by atoms with E-state index in [1.807, 2.05) is 38.1 Å². The summed E-state index contributed by atoms with van der Waals surface area (Å²) in [6.07, 6.45) is 2.11. The maximum Gasteiger partial charge on any atom is 0.315 e. The molecule has 0 aliphatic heterocycles. The van der Waals surface area contributed by atoms with E-state index in [1.54, 1.807) is 6.20 Å². The molecule has 2 aromatic rings. The molecule has 1 unspecified atom stereocenters. The molecule has 0 aliphatic rings. The van der Waals surface area contributed by atoms with Crippen molar-refractivity contribution in [2.24, 2.45) is 5.73 Å². The number of nitrogens with zero attached hydrogens (tertiary/aromatic N) is 1. The van der Waals surface area contributed by atoms with Gasteiger partial charge in [0.1, 0.15) is 5.41 Å². The molecule has 106 valence electrons. The van der Waals surface area contributed by atoms with Crippen LogP contribution in [0.1, 0.15) is 21.0 Å². The molecule has 1 aromatic heterocycles. The molecule has 1 atom stereocenters. The topological polar surface area (TPSA) is 76.2 Å². The average molecular weight is 290 g/mol. The molecule has 20 heavy (non-hydrogen) atoms. The van der Waals surface area contributed by atoms with Gasteiger partial charge < -0.3 is 10.8 Å². The predicted molar refractivity (Wildman–Crippen MR) is 80.1 cm³/mol. The standard InChI is InChI=1S/C15H18N2O2S/c1-10-5-3-4-6-13(10)15(9-16,14(18)19)7-12-8-17-11(2)20-12/h3-6,8H,7,9,16H2,1-2H3,(H,18,19). The molecule has 0 radical (unpaired) electrons. The molecule has 0 bridgehead atoms. The Bertz CT molecular complexity index is 624. The number of carboxylic acids is 1. The highest BCUT2D eigenvalue weighted by molar-refractivity contribution is 7.11. The van der Waals surface area contributed by atoms with E-state index >= 15 is 0 Å². The van der Waals surface area contributed by atoms with Crippen LogP contribution in [0, 0.1) is 13.8 Å². The van der Waals surface area contributed by atoms with Crippen LogP contribution in [0.2, 0.25) is 0 Å². The fourth-order valence-corrected chi connectivity index (χ4v) is 3.36. The lowest BCUT2D eigenvalue weighted by Gasteiger charge is -2.29. The number of nitrogens with two attached hydrogens (primary N) is 1. The van der Waals surface area contributed by atoms with Gasteiger partial charge in [-0.25, -0.2) is 4.98 Å². The average Bonchev–Trinajstić information content (AvgIpc) is 2.82. The third-order valence-electron chi connectivity index (χ3n) is 3.56. The third kappa shape index (κ3) is 2.59. The molecule has 5 heteroatoms. The third-order valence-corrected chi connectivity index (χ3v) is 4.48. The second-order valence-corrected chi connectivity index (χ2v) is 6.25. The number of aliphatic carboxylic acids is 1. The lowest BCUT2D eigenvalue weighted by molar-refractivity contribution is -0.143. The van der Waals surface area contributed by atoms with Crippen LogP contribution in [-0.2, 0) is 16.6 Å². The van der Waals surface area contributed by atoms with Crippen molar-refractivity contribution < 1.29 is 9.90 Å². The van der Waals surface area contributed by atoms with Crippen molar-refractivity contribution in [2.45, 2.75) is 25.7 Å². The van der Waals surface area contributed by atoms with Crippen LogP contribution >= 0.6 is 11.3 Å². The molecular weight excluding hydrogens is 272 g/mol. The molecule has 1 heterocycles.